The topological polar surface area (TPSA) is 90.5 Å². The van der Waals surface area contributed by atoms with Crippen molar-refractivity contribution in [3.05, 3.63) is 34.9 Å². The minimum atomic E-state index is -0.558. The summed E-state index contributed by atoms with van der Waals surface area (Å²) in [6.45, 7) is 3.16. The van der Waals surface area contributed by atoms with Gasteiger partial charge in [-0.25, -0.2) is 0 Å². The van der Waals surface area contributed by atoms with Crippen LogP contribution in [0.5, 0.6) is 0 Å². The molecule has 1 aliphatic carbocycles. The second-order valence-corrected chi connectivity index (χ2v) is 8.55. The van der Waals surface area contributed by atoms with Crippen molar-refractivity contribution in [2.75, 3.05) is 13.1 Å². The van der Waals surface area contributed by atoms with Gasteiger partial charge in [0.15, 0.2) is 0 Å². The van der Waals surface area contributed by atoms with E-state index in [9.17, 15) is 14.4 Å². The third-order valence-corrected chi connectivity index (χ3v) is 6.88. The molecule has 1 saturated carbocycles. The molecule has 28 heavy (non-hydrogen) atoms. The van der Waals surface area contributed by atoms with Crippen LogP contribution in [0, 0.1) is 5.92 Å². The number of rotatable bonds is 5. The third kappa shape index (κ3) is 2.93. The molecule has 2 atom stereocenters. The van der Waals surface area contributed by atoms with Gasteiger partial charge in [0.05, 0.1) is 0 Å². The fourth-order valence-corrected chi connectivity index (χ4v) is 5.15. The molecule has 3 heterocycles. The van der Waals surface area contributed by atoms with Gasteiger partial charge in [0.25, 0.3) is 5.91 Å². The minimum absolute atomic E-state index is 0.0944. The van der Waals surface area contributed by atoms with Crippen LogP contribution in [0.15, 0.2) is 18.2 Å². The van der Waals surface area contributed by atoms with Gasteiger partial charge in [0, 0.05) is 37.2 Å². The van der Waals surface area contributed by atoms with Gasteiger partial charge in [-0.2, -0.15) is 0 Å². The van der Waals surface area contributed by atoms with Crippen molar-refractivity contribution in [1.29, 1.82) is 0 Å². The van der Waals surface area contributed by atoms with Crippen LogP contribution >= 0.6 is 0 Å². The lowest BCUT2D eigenvalue weighted by molar-refractivity contribution is -0.136. The SMILES string of the molecule is O=C1CCC(N2Cc3cccc(CNCC4CCNC45CC5)c3C2=O)C(=O)N1. The molecule has 3 N–H and O–H groups in total. The van der Waals surface area contributed by atoms with Crippen molar-refractivity contribution in [2.24, 2.45) is 5.92 Å². The standard InChI is InChI=1S/C21H26N4O3/c26-17-5-4-16(19(27)24-17)25-12-14-3-1-2-13(18(14)20(25)28)10-22-11-15-6-9-23-21(15)7-8-21/h1-3,15-16,22-23H,4-12H2,(H,24,26,27). The Bertz CT molecular complexity index is 848. The zero-order valence-corrected chi connectivity index (χ0v) is 15.9. The largest absolute Gasteiger partial charge is 0.322 e. The second-order valence-electron chi connectivity index (χ2n) is 8.55. The van der Waals surface area contributed by atoms with Gasteiger partial charge in [-0.1, -0.05) is 18.2 Å². The van der Waals surface area contributed by atoms with Crippen LogP contribution in [0.3, 0.4) is 0 Å². The molecule has 0 aromatic heterocycles. The first kappa shape index (κ1) is 17.8. The van der Waals surface area contributed by atoms with E-state index in [0.717, 1.165) is 29.8 Å². The van der Waals surface area contributed by atoms with Crippen LogP contribution in [-0.2, 0) is 22.7 Å². The van der Waals surface area contributed by atoms with Crippen molar-refractivity contribution in [3.63, 3.8) is 0 Å². The Labute approximate surface area is 164 Å². The Morgan fingerprint density at radius 1 is 1.18 bits per heavy atom. The molecule has 3 amide bonds. The van der Waals surface area contributed by atoms with Crippen LogP contribution in [-0.4, -0.2) is 47.3 Å². The number of amides is 3. The smallest absolute Gasteiger partial charge is 0.255 e. The molecule has 5 rings (SSSR count). The number of imide groups is 1. The summed E-state index contributed by atoms with van der Waals surface area (Å²) >= 11 is 0. The number of piperidine rings is 1. The van der Waals surface area contributed by atoms with Crippen LogP contribution in [0.4, 0.5) is 0 Å². The van der Waals surface area contributed by atoms with Crippen molar-refractivity contribution in [1.82, 2.24) is 20.9 Å². The van der Waals surface area contributed by atoms with Crippen LogP contribution < -0.4 is 16.0 Å². The number of fused-ring (bicyclic) bond motifs is 1. The van der Waals surface area contributed by atoms with Gasteiger partial charge in [-0.15, -0.1) is 0 Å². The molecule has 0 radical (unpaired) electrons. The molecule has 1 aromatic carbocycles. The first-order chi connectivity index (χ1) is 13.6. The number of hydrogen-bond donors (Lipinski definition) is 3. The van der Waals surface area contributed by atoms with E-state index in [1.165, 1.54) is 19.3 Å². The Hall–Kier alpha value is -2.25. The predicted molar refractivity (Wildman–Crippen MR) is 102 cm³/mol. The minimum Gasteiger partial charge on any atom is -0.322 e. The summed E-state index contributed by atoms with van der Waals surface area (Å²) in [5.41, 5.74) is 3.07. The molecule has 7 nitrogen and oxygen atoms in total. The molecule has 2 saturated heterocycles. The zero-order chi connectivity index (χ0) is 19.3. The molecule has 148 valence electrons. The average molecular weight is 382 g/mol. The van der Waals surface area contributed by atoms with Crippen molar-refractivity contribution < 1.29 is 14.4 Å². The number of nitrogens with zero attached hydrogens (tertiary/aromatic N) is 1. The number of carbonyl (C=O) groups is 3. The lowest BCUT2D eigenvalue weighted by Crippen LogP contribution is -2.52. The van der Waals surface area contributed by atoms with Crippen LogP contribution in [0.2, 0.25) is 0 Å². The van der Waals surface area contributed by atoms with E-state index in [0.29, 0.717) is 31.0 Å². The molecule has 2 unspecified atom stereocenters. The Kier molecular flexibility index (Phi) is 4.25. The monoisotopic (exact) mass is 382 g/mol. The van der Waals surface area contributed by atoms with Gasteiger partial charge in [0.2, 0.25) is 11.8 Å². The maximum absolute atomic E-state index is 13.1. The fraction of sp³-hybridized carbons (Fsp3) is 0.571. The predicted octanol–water partition coefficient (Wildman–Crippen LogP) is 0.679. The summed E-state index contributed by atoms with van der Waals surface area (Å²) in [5, 5.41) is 9.56. The van der Waals surface area contributed by atoms with Crippen molar-refractivity contribution >= 4 is 17.7 Å². The molecule has 3 fully saturated rings. The average Bonchev–Trinajstić information content (AvgIpc) is 3.23. The number of benzene rings is 1. The summed E-state index contributed by atoms with van der Waals surface area (Å²) in [6.07, 6.45) is 4.44. The van der Waals surface area contributed by atoms with Gasteiger partial charge < -0.3 is 15.5 Å². The lowest BCUT2D eigenvalue weighted by Gasteiger charge is -2.29. The van der Waals surface area contributed by atoms with E-state index in [1.54, 1.807) is 4.90 Å². The summed E-state index contributed by atoms with van der Waals surface area (Å²) in [6, 6.07) is 5.38. The molecule has 1 spiro atoms. The van der Waals surface area contributed by atoms with Crippen molar-refractivity contribution in [2.45, 2.75) is 56.8 Å². The van der Waals surface area contributed by atoms with E-state index in [1.807, 2.05) is 18.2 Å². The lowest BCUT2D eigenvalue weighted by atomic mass is 9.98. The van der Waals surface area contributed by atoms with Crippen LogP contribution in [0.25, 0.3) is 0 Å². The normalized spacial score (nSPS) is 28.0. The van der Waals surface area contributed by atoms with E-state index < -0.39 is 6.04 Å². The molecule has 3 aliphatic heterocycles. The van der Waals surface area contributed by atoms with Gasteiger partial charge >= 0.3 is 0 Å². The van der Waals surface area contributed by atoms with Gasteiger partial charge in [0.1, 0.15) is 6.04 Å². The highest BCUT2D eigenvalue weighted by Crippen LogP contribution is 2.46. The van der Waals surface area contributed by atoms with E-state index >= 15 is 0 Å². The first-order valence-corrected chi connectivity index (χ1v) is 10.3. The Morgan fingerprint density at radius 3 is 2.82 bits per heavy atom. The second kappa shape index (κ2) is 6.67. The zero-order valence-electron chi connectivity index (χ0n) is 15.9. The molecular formula is C21H26N4O3. The highest BCUT2D eigenvalue weighted by molar-refractivity contribution is 6.05. The third-order valence-electron chi connectivity index (χ3n) is 6.88. The van der Waals surface area contributed by atoms with E-state index in [-0.39, 0.29) is 24.1 Å². The summed E-state index contributed by atoms with van der Waals surface area (Å²) in [5.74, 6) is -0.0475. The summed E-state index contributed by atoms with van der Waals surface area (Å²) in [7, 11) is 0. The highest BCUT2D eigenvalue weighted by atomic mass is 16.2. The summed E-state index contributed by atoms with van der Waals surface area (Å²) < 4.78 is 0. The molecule has 0 bridgehead atoms. The molecule has 7 heteroatoms. The maximum Gasteiger partial charge on any atom is 0.255 e. The van der Waals surface area contributed by atoms with Crippen LogP contribution in [0.1, 0.15) is 53.6 Å². The number of carbonyl (C=O) groups excluding carboxylic acids is 3. The Morgan fingerprint density at radius 2 is 2.04 bits per heavy atom. The first-order valence-electron chi connectivity index (χ1n) is 10.3. The number of nitrogens with one attached hydrogen (secondary N) is 3. The Balaban J connectivity index is 1.27. The fourth-order valence-electron chi connectivity index (χ4n) is 5.15. The molecule has 4 aliphatic rings. The van der Waals surface area contributed by atoms with Crippen molar-refractivity contribution in [3.8, 4) is 0 Å². The molecule has 1 aromatic rings. The highest BCUT2D eigenvalue weighted by Gasteiger charge is 2.51. The summed E-state index contributed by atoms with van der Waals surface area (Å²) in [4.78, 5) is 38.4. The van der Waals surface area contributed by atoms with Gasteiger partial charge in [-0.3, -0.25) is 19.7 Å². The maximum atomic E-state index is 13.1. The van der Waals surface area contributed by atoms with E-state index in [4.69, 9.17) is 0 Å². The van der Waals surface area contributed by atoms with E-state index in [2.05, 4.69) is 16.0 Å². The van der Waals surface area contributed by atoms with Gasteiger partial charge in [-0.05, 0) is 49.3 Å². The quantitative estimate of drug-likeness (QED) is 0.652. The number of hydrogen-bond acceptors (Lipinski definition) is 5. The molecular weight excluding hydrogens is 356 g/mol.